The maximum Gasteiger partial charge on any atom is 0.175 e. The minimum absolute atomic E-state index is 0.176. The van der Waals surface area contributed by atoms with Crippen LogP contribution in [0.3, 0.4) is 0 Å². The Kier molecular flexibility index (Phi) is 4.24. The largest absolute Gasteiger partial charge is 0.409 e. The van der Waals surface area contributed by atoms with E-state index >= 15 is 0 Å². The number of oxime groups is 1. The number of benzene rings is 1. The molecule has 1 aromatic carbocycles. The van der Waals surface area contributed by atoms with Gasteiger partial charge in [0, 0.05) is 13.1 Å². The fourth-order valence-electron chi connectivity index (χ4n) is 2.27. The molecule has 19 heavy (non-hydrogen) atoms. The Labute approximate surface area is 112 Å². The van der Waals surface area contributed by atoms with E-state index in [1.54, 1.807) is 6.07 Å². The SMILES string of the molecule is CCCN(CC1CC1)c1cccc(F)c1C(N)=NO. The molecular weight excluding hydrogens is 245 g/mol. The van der Waals surface area contributed by atoms with Gasteiger partial charge in [0.05, 0.1) is 11.3 Å². The molecule has 0 saturated heterocycles. The molecule has 1 aromatic rings. The first kappa shape index (κ1) is 13.6. The van der Waals surface area contributed by atoms with E-state index in [4.69, 9.17) is 10.9 Å². The van der Waals surface area contributed by atoms with Crippen LogP contribution < -0.4 is 10.6 Å². The van der Waals surface area contributed by atoms with Crippen molar-refractivity contribution in [3.05, 3.63) is 29.6 Å². The van der Waals surface area contributed by atoms with Crippen LogP contribution in [0, 0.1) is 11.7 Å². The van der Waals surface area contributed by atoms with E-state index in [-0.39, 0.29) is 11.4 Å². The van der Waals surface area contributed by atoms with Crippen molar-refractivity contribution in [3.63, 3.8) is 0 Å². The molecule has 0 heterocycles. The highest BCUT2D eigenvalue weighted by Gasteiger charge is 2.26. The molecule has 2 rings (SSSR count). The Morgan fingerprint density at radius 2 is 2.26 bits per heavy atom. The van der Waals surface area contributed by atoms with Gasteiger partial charge in [-0.15, -0.1) is 0 Å². The first-order valence-electron chi connectivity index (χ1n) is 6.68. The molecule has 104 valence electrons. The van der Waals surface area contributed by atoms with Crippen LogP contribution >= 0.6 is 0 Å². The molecule has 1 fully saturated rings. The molecule has 0 radical (unpaired) electrons. The third-order valence-electron chi connectivity index (χ3n) is 3.37. The molecule has 3 N–H and O–H groups in total. The summed E-state index contributed by atoms with van der Waals surface area (Å²) in [6.45, 7) is 3.83. The van der Waals surface area contributed by atoms with E-state index in [1.807, 2.05) is 6.07 Å². The Bertz CT molecular complexity index is 472. The Morgan fingerprint density at radius 1 is 1.53 bits per heavy atom. The predicted molar refractivity (Wildman–Crippen MR) is 74.1 cm³/mol. The fraction of sp³-hybridized carbons (Fsp3) is 0.500. The van der Waals surface area contributed by atoms with Crippen LogP contribution in [0.1, 0.15) is 31.7 Å². The van der Waals surface area contributed by atoms with Gasteiger partial charge >= 0.3 is 0 Å². The van der Waals surface area contributed by atoms with Crippen LogP contribution in [-0.4, -0.2) is 24.1 Å². The van der Waals surface area contributed by atoms with Crippen molar-refractivity contribution in [2.45, 2.75) is 26.2 Å². The van der Waals surface area contributed by atoms with Gasteiger partial charge in [0.2, 0.25) is 0 Å². The first-order valence-corrected chi connectivity index (χ1v) is 6.68. The van der Waals surface area contributed by atoms with Gasteiger partial charge in [-0.3, -0.25) is 0 Å². The van der Waals surface area contributed by atoms with Crippen LogP contribution in [0.5, 0.6) is 0 Å². The normalized spacial score (nSPS) is 15.6. The van der Waals surface area contributed by atoms with Crippen molar-refractivity contribution in [3.8, 4) is 0 Å². The fourth-order valence-corrected chi connectivity index (χ4v) is 2.27. The van der Waals surface area contributed by atoms with Gasteiger partial charge in [-0.05, 0) is 37.3 Å². The summed E-state index contributed by atoms with van der Waals surface area (Å²) >= 11 is 0. The zero-order valence-corrected chi connectivity index (χ0v) is 11.1. The summed E-state index contributed by atoms with van der Waals surface area (Å²) in [5.41, 5.74) is 6.52. The second-order valence-electron chi connectivity index (χ2n) is 5.01. The Morgan fingerprint density at radius 3 is 2.84 bits per heavy atom. The van der Waals surface area contributed by atoms with E-state index < -0.39 is 5.82 Å². The molecule has 4 nitrogen and oxygen atoms in total. The summed E-state index contributed by atoms with van der Waals surface area (Å²) in [6, 6.07) is 4.82. The van der Waals surface area contributed by atoms with Crippen LogP contribution in [0.2, 0.25) is 0 Å². The molecule has 5 heteroatoms. The minimum atomic E-state index is -0.454. The average Bonchev–Trinajstić information content (AvgIpc) is 3.21. The van der Waals surface area contributed by atoms with Crippen molar-refractivity contribution in [2.75, 3.05) is 18.0 Å². The van der Waals surface area contributed by atoms with Crippen LogP contribution in [-0.2, 0) is 0 Å². The lowest BCUT2D eigenvalue weighted by Gasteiger charge is -2.26. The zero-order valence-electron chi connectivity index (χ0n) is 11.1. The molecule has 0 atom stereocenters. The quantitative estimate of drug-likeness (QED) is 0.359. The average molecular weight is 265 g/mol. The van der Waals surface area contributed by atoms with E-state index in [9.17, 15) is 4.39 Å². The lowest BCUT2D eigenvalue weighted by Crippen LogP contribution is -2.30. The van der Waals surface area contributed by atoms with Crippen molar-refractivity contribution >= 4 is 11.5 Å². The smallest absolute Gasteiger partial charge is 0.175 e. The lowest BCUT2D eigenvalue weighted by molar-refractivity contribution is 0.318. The molecule has 0 amide bonds. The number of hydrogen-bond donors (Lipinski definition) is 2. The zero-order chi connectivity index (χ0) is 13.8. The Hall–Kier alpha value is -1.78. The summed E-state index contributed by atoms with van der Waals surface area (Å²) in [7, 11) is 0. The maximum atomic E-state index is 13.9. The summed E-state index contributed by atoms with van der Waals surface area (Å²) < 4.78 is 13.9. The highest BCUT2D eigenvalue weighted by molar-refractivity contribution is 6.02. The number of rotatable bonds is 6. The van der Waals surface area contributed by atoms with Crippen LogP contribution in [0.4, 0.5) is 10.1 Å². The van der Waals surface area contributed by atoms with Crippen molar-refractivity contribution in [1.29, 1.82) is 0 Å². The summed E-state index contributed by atoms with van der Waals surface area (Å²) in [5, 5.41) is 11.8. The summed E-state index contributed by atoms with van der Waals surface area (Å²) in [4.78, 5) is 2.13. The molecule has 0 spiro atoms. The topological polar surface area (TPSA) is 61.8 Å². The first-order chi connectivity index (χ1) is 9.17. The van der Waals surface area contributed by atoms with Gasteiger partial charge in [-0.1, -0.05) is 18.1 Å². The molecule has 0 aromatic heterocycles. The lowest BCUT2D eigenvalue weighted by atomic mass is 10.1. The van der Waals surface area contributed by atoms with Crippen LogP contribution in [0.15, 0.2) is 23.4 Å². The third kappa shape index (κ3) is 3.16. The van der Waals surface area contributed by atoms with Gasteiger partial charge in [0.1, 0.15) is 5.82 Å². The van der Waals surface area contributed by atoms with E-state index in [2.05, 4.69) is 17.0 Å². The number of amidine groups is 1. The van der Waals surface area contributed by atoms with Crippen LogP contribution in [0.25, 0.3) is 0 Å². The Balaban J connectivity index is 2.36. The van der Waals surface area contributed by atoms with Gasteiger partial charge in [0.15, 0.2) is 5.84 Å². The number of nitrogens with zero attached hydrogens (tertiary/aromatic N) is 2. The number of nitrogens with two attached hydrogens (primary N) is 1. The monoisotopic (exact) mass is 265 g/mol. The third-order valence-corrected chi connectivity index (χ3v) is 3.37. The number of anilines is 1. The van der Waals surface area contributed by atoms with Crippen molar-refractivity contribution in [2.24, 2.45) is 16.8 Å². The van der Waals surface area contributed by atoms with E-state index in [0.717, 1.165) is 19.5 Å². The minimum Gasteiger partial charge on any atom is -0.409 e. The molecule has 1 aliphatic rings. The standard InChI is InChI=1S/C14H20FN3O/c1-2-8-18(9-10-6-7-10)12-5-3-4-11(15)13(12)14(16)17-19/h3-5,10,19H,2,6-9H2,1H3,(H2,16,17). The van der Waals surface area contributed by atoms with Gasteiger partial charge in [-0.2, -0.15) is 0 Å². The second-order valence-corrected chi connectivity index (χ2v) is 5.01. The number of halogens is 1. The molecule has 1 saturated carbocycles. The second kappa shape index (κ2) is 5.91. The maximum absolute atomic E-state index is 13.9. The summed E-state index contributed by atoms with van der Waals surface area (Å²) in [5.74, 6) is 0.0599. The van der Waals surface area contributed by atoms with Crippen molar-refractivity contribution in [1.82, 2.24) is 0 Å². The highest BCUT2D eigenvalue weighted by atomic mass is 19.1. The molecule has 0 bridgehead atoms. The van der Waals surface area contributed by atoms with E-state index in [1.165, 1.54) is 18.9 Å². The highest BCUT2D eigenvalue weighted by Crippen LogP contribution is 2.33. The van der Waals surface area contributed by atoms with E-state index in [0.29, 0.717) is 11.6 Å². The molecule has 1 aliphatic carbocycles. The predicted octanol–water partition coefficient (Wildman–Crippen LogP) is 2.55. The molecular formula is C14H20FN3O. The molecule has 0 aliphatic heterocycles. The van der Waals surface area contributed by atoms with Gasteiger partial charge in [-0.25, -0.2) is 4.39 Å². The molecule has 0 unspecified atom stereocenters. The number of hydrogen-bond acceptors (Lipinski definition) is 3. The summed E-state index contributed by atoms with van der Waals surface area (Å²) in [6.07, 6.45) is 3.43. The van der Waals surface area contributed by atoms with Gasteiger partial charge in [0.25, 0.3) is 0 Å². The van der Waals surface area contributed by atoms with Crippen molar-refractivity contribution < 1.29 is 9.60 Å². The van der Waals surface area contributed by atoms with Gasteiger partial charge < -0.3 is 15.8 Å².